The van der Waals surface area contributed by atoms with Crippen molar-refractivity contribution < 1.29 is 0 Å². The molecule has 2 nitrogen and oxygen atoms in total. The lowest BCUT2D eigenvalue weighted by atomic mass is 9.65. The molecule has 0 bridgehead atoms. The van der Waals surface area contributed by atoms with Crippen LogP contribution in [0.3, 0.4) is 0 Å². The number of fused-ring (bicyclic) bond motifs is 12. The summed E-state index contributed by atoms with van der Waals surface area (Å²) in [5.41, 5.74) is 14.1. The van der Waals surface area contributed by atoms with Crippen molar-refractivity contribution >= 4 is 21.8 Å². The fourth-order valence-corrected chi connectivity index (χ4v) is 7.48. The third kappa shape index (κ3) is 2.48. The summed E-state index contributed by atoms with van der Waals surface area (Å²) in [6, 6.07) is 50.6. The van der Waals surface area contributed by atoms with Gasteiger partial charge in [0.15, 0.2) is 0 Å². The Labute approximate surface area is 232 Å². The fraction of sp³-hybridized carbons (Fsp3) is 0.0263. The number of aromatic nitrogens is 1. The van der Waals surface area contributed by atoms with E-state index in [-0.39, 0.29) is 0 Å². The summed E-state index contributed by atoms with van der Waals surface area (Å²) < 4.78 is 2.48. The zero-order chi connectivity index (χ0) is 26.4. The Bertz CT molecular complexity index is 2230. The lowest BCUT2D eigenvalue weighted by Gasteiger charge is -2.39. The molecule has 2 aliphatic rings. The first kappa shape index (κ1) is 21.5. The van der Waals surface area contributed by atoms with E-state index in [2.05, 4.69) is 132 Å². The van der Waals surface area contributed by atoms with Crippen LogP contribution in [0.5, 0.6) is 0 Å². The van der Waals surface area contributed by atoms with Crippen molar-refractivity contribution in [1.29, 1.82) is 5.26 Å². The van der Waals surface area contributed by atoms with Crippen molar-refractivity contribution in [2.24, 2.45) is 0 Å². The van der Waals surface area contributed by atoms with Gasteiger partial charge in [-0.05, 0) is 74.8 Å². The average molecular weight is 507 g/mol. The summed E-state index contributed by atoms with van der Waals surface area (Å²) in [6.07, 6.45) is 0. The smallest absolute Gasteiger partial charge is 0.0991 e. The molecule has 7 aromatic rings. The minimum Gasteiger partial charge on any atom is -0.309 e. The number of hydrogen-bond acceptors (Lipinski definition) is 1. The number of rotatable bonds is 1. The highest BCUT2D eigenvalue weighted by Crippen LogP contribution is 2.61. The third-order valence-corrected chi connectivity index (χ3v) is 9.04. The van der Waals surface area contributed by atoms with Gasteiger partial charge in [0.25, 0.3) is 0 Å². The van der Waals surface area contributed by atoms with Gasteiger partial charge in [-0.15, -0.1) is 0 Å². The Hall–Kier alpha value is -5.39. The van der Waals surface area contributed by atoms with Crippen LogP contribution in [0.4, 0.5) is 0 Å². The minimum atomic E-state index is -0.449. The molecule has 0 radical (unpaired) electrons. The van der Waals surface area contributed by atoms with E-state index < -0.39 is 5.41 Å². The predicted molar refractivity (Wildman–Crippen MR) is 162 cm³/mol. The van der Waals surface area contributed by atoms with Gasteiger partial charge in [0.2, 0.25) is 0 Å². The average Bonchev–Trinajstić information content (AvgIpc) is 3.52. The largest absolute Gasteiger partial charge is 0.309 e. The van der Waals surface area contributed by atoms with Crippen LogP contribution < -0.4 is 0 Å². The monoisotopic (exact) mass is 506 g/mol. The molecular formula is C38H22N2. The first-order valence-corrected chi connectivity index (χ1v) is 13.7. The second-order valence-corrected chi connectivity index (χ2v) is 10.8. The molecule has 6 aromatic carbocycles. The van der Waals surface area contributed by atoms with Gasteiger partial charge in [0.1, 0.15) is 0 Å². The van der Waals surface area contributed by atoms with Crippen molar-refractivity contribution in [1.82, 2.24) is 4.57 Å². The highest BCUT2D eigenvalue weighted by atomic mass is 15.0. The number of nitriles is 1. The maximum Gasteiger partial charge on any atom is 0.0991 e. The summed E-state index contributed by atoms with van der Waals surface area (Å²) in [6.45, 7) is 0. The molecule has 0 fully saturated rings. The molecule has 1 spiro atoms. The molecule has 9 rings (SSSR count). The molecule has 1 atom stereocenters. The first-order valence-electron chi connectivity index (χ1n) is 13.7. The summed E-state index contributed by atoms with van der Waals surface area (Å²) in [5.74, 6) is 0. The highest BCUT2D eigenvalue weighted by Gasteiger charge is 2.50. The Kier molecular flexibility index (Phi) is 4.09. The van der Waals surface area contributed by atoms with E-state index >= 15 is 0 Å². The van der Waals surface area contributed by atoms with Gasteiger partial charge in [0.05, 0.1) is 33.8 Å². The fourth-order valence-electron chi connectivity index (χ4n) is 7.48. The van der Waals surface area contributed by atoms with Crippen LogP contribution in [-0.4, -0.2) is 4.57 Å². The van der Waals surface area contributed by atoms with E-state index in [9.17, 15) is 5.26 Å². The van der Waals surface area contributed by atoms with E-state index in [4.69, 9.17) is 0 Å². The molecule has 1 aliphatic carbocycles. The molecule has 0 saturated heterocycles. The maximum atomic E-state index is 9.34. The van der Waals surface area contributed by atoms with Gasteiger partial charge in [0, 0.05) is 10.8 Å². The van der Waals surface area contributed by atoms with Crippen LogP contribution in [0.15, 0.2) is 133 Å². The van der Waals surface area contributed by atoms with Crippen molar-refractivity contribution in [2.45, 2.75) is 5.41 Å². The Morgan fingerprint density at radius 3 is 2.08 bits per heavy atom. The van der Waals surface area contributed by atoms with Crippen molar-refractivity contribution in [3.8, 4) is 34.0 Å². The summed E-state index contributed by atoms with van der Waals surface area (Å²) in [7, 11) is 0. The van der Waals surface area contributed by atoms with Gasteiger partial charge in [-0.3, -0.25) is 0 Å². The molecule has 1 aromatic heterocycles. The second-order valence-electron chi connectivity index (χ2n) is 10.8. The Morgan fingerprint density at radius 1 is 0.525 bits per heavy atom. The number of nitrogens with zero attached hydrogens (tertiary/aromatic N) is 2. The third-order valence-electron chi connectivity index (χ3n) is 9.04. The molecule has 40 heavy (non-hydrogen) atoms. The van der Waals surface area contributed by atoms with E-state index in [1.807, 2.05) is 12.1 Å². The number of benzene rings is 6. The van der Waals surface area contributed by atoms with Gasteiger partial charge >= 0.3 is 0 Å². The summed E-state index contributed by atoms with van der Waals surface area (Å²) in [5, 5.41) is 11.9. The summed E-state index contributed by atoms with van der Waals surface area (Å²) >= 11 is 0. The molecule has 2 heterocycles. The number of hydrogen-bond donors (Lipinski definition) is 0. The lowest BCUT2D eigenvalue weighted by Crippen LogP contribution is -2.33. The van der Waals surface area contributed by atoms with Gasteiger partial charge < -0.3 is 4.57 Å². The highest BCUT2D eigenvalue weighted by molar-refractivity contribution is 6.12. The lowest BCUT2D eigenvalue weighted by molar-refractivity contribution is 0.749. The van der Waals surface area contributed by atoms with Crippen molar-refractivity contribution in [2.75, 3.05) is 0 Å². The second kappa shape index (κ2) is 7.59. The van der Waals surface area contributed by atoms with Crippen LogP contribution in [-0.2, 0) is 5.41 Å². The van der Waals surface area contributed by atoms with Crippen LogP contribution in [0.1, 0.15) is 27.8 Å². The van der Waals surface area contributed by atoms with E-state index in [0.717, 1.165) is 11.1 Å². The van der Waals surface area contributed by atoms with Crippen LogP contribution >= 0.6 is 0 Å². The van der Waals surface area contributed by atoms with Crippen LogP contribution in [0.2, 0.25) is 0 Å². The maximum absolute atomic E-state index is 9.34. The molecule has 0 saturated carbocycles. The van der Waals surface area contributed by atoms with Gasteiger partial charge in [-0.1, -0.05) is 103 Å². The van der Waals surface area contributed by atoms with Crippen molar-refractivity contribution in [3.63, 3.8) is 0 Å². The Morgan fingerprint density at radius 2 is 1.20 bits per heavy atom. The van der Waals surface area contributed by atoms with E-state index in [1.54, 1.807) is 0 Å². The standard InChI is InChI=1S/C38H22N2/c39-23-24-16-18-25(19-17-24)26-20-21-28-27-8-1-3-11-31(27)38(34(28)22-26)32-12-4-6-15-36(32)40-35-14-5-2-9-29(35)30-10-7-13-33(38)37(30)40/h1-22H. The molecule has 2 heteroatoms. The van der Waals surface area contributed by atoms with Crippen LogP contribution in [0, 0.1) is 11.3 Å². The molecule has 184 valence electrons. The zero-order valence-electron chi connectivity index (χ0n) is 21.6. The van der Waals surface area contributed by atoms with Crippen molar-refractivity contribution in [3.05, 3.63) is 161 Å². The molecule has 0 amide bonds. The number of para-hydroxylation sites is 3. The summed E-state index contributed by atoms with van der Waals surface area (Å²) in [4.78, 5) is 0. The van der Waals surface area contributed by atoms with Crippen LogP contribution in [0.25, 0.3) is 49.7 Å². The predicted octanol–water partition coefficient (Wildman–Crippen LogP) is 9.00. The van der Waals surface area contributed by atoms with Gasteiger partial charge in [-0.2, -0.15) is 5.26 Å². The van der Waals surface area contributed by atoms with Gasteiger partial charge in [-0.25, -0.2) is 0 Å². The topological polar surface area (TPSA) is 28.7 Å². The zero-order valence-corrected chi connectivity index (χ0v) is 21.6. The minimum absolute atomic E-state index is 0.449. The molecule has 1 aliphatic heterocycles. The normalized spacial score (nSPS) is 16.1. The molecule has 0 N–H and O–H groups in total. The van der Waals surface area contributed by atoms with E-state index in [0.29, 0.717) is 5.56 Å². The molecular weight excluding hydrogens is 484 g/mol. The first-order chi connectivity index (χ1) is 19.8. The molecule has 1 unspecified atom stereocenters. The Balaban J connectivity index is 1.47. The SMILES string of the molecule is N#Cc1ccc(-c2ccc3c(c2)C2(c4ccccc4-3)c3ccccc3-n3c4ccccc4c4cccc2c43)cc1. The quantitative estimate of drug-likeness (QED) is 0.218. The van der Waals surface area contributed by atoms with E-state index in [1.165, 1.54) is 60.9 Å².